The smallest absolute Gasteiger partial charge is 0.317 e. The Morgan fingerprint density at radius 2 is 2.37 bits per heavy atom. The van der Waals surface area contributed by atoms with E-state index in [1.165, 1.54) is 11.3 Å². The second-order valence-electron chi connectivity index (χ2n) is 4.24. The number of amides is 2. The highest BCUT2D eigenvalue weighted by atomic mass is 35.5. The summed E-state index contributed by atoms with van der Waals surface area (Å²) in [5.74, 6) is 0. The van der Waals surface area contributed by atoms with E-state index in [1.807, 2.05) is 25.4 Å². The molecule has 1 N–H and O–H groups in total. The molecule has 2 aromatic rings. The number of carbonyl (C=O) groups is 1. The van der Waals surface area contributed by atoms with Gasteiger partial charge in [0.05, 0.1) is 23.6 Å². The molecule has 2 rings (SSSR count). The predicted octanol–water partition coefficient (Wildman–Crippen LogP) is 2.48. The van der Waals surface area contributed by atoms with Crippen LogP contribution in [0.4, 0.5) is 4.79 Å². The summed E-state index contributed by atoms with van der Waals surface area (Å²) in [7, 11) is 3.60. The Morgan fingerprint density at radius 1 is 1.58 bits per heavy atom. The molecule has 0 saturated heterocycles. The molecular formula is C12H15ClN4OS. The quantitative estimate of drug-likeness (QED) is 0.943. The van der Waals surface area contributed by atoms with E-state index >= 15 is 0 Å². The molecule has 19 heavy (non-hydrogen) atoms. The second kappa shape index (κ2) is 6.08. The lowest BCUT2D eigenvalue weighted by atomic mass is 10.3. The molecule has 0 unspecified atom stereocenters. The molecule has 0 aliphatic rings. The van der Waals surface area contributed by atoms with E-state index in [0.717, 1.165) is 14.8 Å². The highest BCUT2D eigenvalue weighted by Crippen LogP contribution is 2.21. The summed E-state index contributed by atoms with van der Waals surface area (Å²) in [4.78, 5) is 14.5. The van der Waals surface area contributed by atoms with Crippen LogP contribution in [0.1, 0.15) is 10.4 Å². The molecule has 2 aromatic heterocycles. The van der Waals surface area contributed by atoms with Gasteiger partial charge in [-0.2, -0.15) is 5.10 Å². The first kappa shape index (κ1) is 13.9. The maximum Gasteiger partial charge on any atom is 0.317 e. The van der Waals surface area contributed by atoms with Crippen LogP contribution >= 0.6 is 22.9 Å². The van der Waals surface area contributed by atoms with Gasteiger partial charge in [-0.25, -0.2) is 4.79 Å². The average Bonchev–Trinajstić information content (AvgIpc) is 2.95. The third-order valence-corrected chi connectivity index (χ3v) is 3.80. The predicted molar refractivity (Wildman–Crippen MR) is 76.2 cm³/mol. The minimum Gasteiger partial charge on any atom is -0.333 e. The van der Waals surface area contributed by atoms with Crippen molar-refractivity contribution in [3.8, 4) is 0 Å². The fourth-order valence-corrected chi connectivity index (χ4v) is 2.67. The van der Waals surface area contributed by atoms with Crippen molar-refractivity contribution in [2.45, 2.75) is 13.1 Å². The fraction of sp³-hybridized carbons (Fsp3) is 0.333. The Balaban J connectivity index is 1.82. The minimum absolute atomic E-state index is 0.117. The van der Waals surface area contributed by atoms with Crippen LogP contribution in [0.3, 0.4) is 0 Å². The summed E-state index contributed by atoms with van der Waals surface area (Å²) in [5.41, 5.74) is 0.999. The van der Waals surface area contributed by atoms with E-state index in [4.69, 9.17) is 11.6 Å². The lowest BCUT2D eigenvalue weighted by Gasteiger charge is -2.16. The van der Waals surface area contributed by atoms with Crippen LogP contribution < -0.4 is 5.32 Å². The number of halogens is 1. The van der Waals surface area contributed by atoms with Gasteiger partial charge in [0.15, 0.2) is 0 Å². The first-order chi connectivity index (χ1) is 9.04. The number of carbonyl (C=O) groups excluding carboxylic acids is 1. The largest absolute Gasteiger partial charge is 0.333 e. The van der Waals surface area contributed by atoms with Crippen LogP contribution in [0.5, 0.6) is 0 Å². The summed E-state index contributed by atoms with van der Waals surface area (Å²) in [6.45, 7) is 1.03. The van der Waals surface area contributed by atoms with Gasteiger partial charge < -0.3 is 10.2 Å². The third-order valence-electron chi connectivity index (χ3n) is 2.57. The molecule has 0 fully saturated rings. The number of thiophene rings is 1. The number of hydrogen-bond donors (Lipinski definition) is 1. The van der Waals surface area contributed by atoms with Crippen LogP contribution in [-0.2, 0) is 20.1 Å². The van der Waals surface area contributed by atoms with Crippen molar-refractivity contribution >= 4 is 29.0 Å². The molecule has 0 radical (unpaired) electrons. The summed E-state index contributed by atoms with van der Waals surface area (Å²) in [5, 5.41) is 6.92. The van der Waals surface area contributed by atoms with Crippen molar-refractivity contribution in [1.82, 2.24) is 20.0 Å². The molecule has 0 spiro atoms. The second-order valence-corrected chi connectivity index (χ2v) is 6.04. The maximum atomic E-state index is 11.9. The van der Waals surface area contributed by atoms with Crippen molar-refractivity contribution in [2.75, 3.05) is 7.05 Å². The molecule has 0 bridgehead atoms. The average molecular weight is 299 g/mol. The molecule has 0 aliphatic heterocycles. The van der Waals surface area contributed by atoms with Crippen molar-refractivity contribution in [3.05, 3.63) is 39.3 Å². The summed E-state index contributed by atoms with van der Waals surface area (Å²) in [6, 6.07) is 3.62. The van der Waals surface area contributed by atoms with Gasteiger partial charge in [-0.3, -0.25) is 4.68 Å². The lowest BCUT2D eigenvalue weighted by molar-refractivity contribution is 0.206. The highest BCUT2D eigenvalue weighted by Gasteiger charge is 2.10. The summed E-state index contributed by atoms with van der Waals surface area (Å²) >= 11 is 7.30. The van der Waals surface area contributed by atoms with Crippen molar-refractivity contribution in [3.63, 3.8) is 0 Å². The van der Waals surface area contributed by atoms with Crippen LogP contribution in [0.2, 0.25) is 4.34 Å². The number of nitrogens with one attached hydrogen (secondary N) is 1. The van der Waals surface area contributed by atoms with Crippen LogP contribution in [0, 0.1) is 0 Å². The van der Waals surface area contributed by atoms with Gasteiger partial charge in [-0.15, -0.1) is 11.3 Å². The number of nitrogens with zero attached hydrogens (tertiary/aromatic N) is 3. The zero-order valence-electron chi connectivity index (χ0n) is 10.8. The monoisotopic (exact) mass is 298 g/mol. The minimum atomic E-state index is -0.117. The van der Waals surface area contributed by atoms with E-state index in [9.17, 15) is 4.79 Å². The van der Waals surface area contributed by atoms with Gasteiger partial charge >= 0.3 is 6.03 Å². The van der Waals surface area contributed by atoms with E-state index in [2.05, 4.69) is 10.4 Å². The molecule has 0 atom stereocenters. The lowest BCUT2D eigenvalue weighted by Crippen LogP contribution is -2.36. The van der Waals surface area contributed by atoms with Crippen molar-refractivity contribution < 1.29 is 4.79 Å². The van der Waals surface area contributed by atoms with E-state index in [0.29, 0.717) is 13.1 Å². The molecule has 7 heteroatoms. The number of rotatable bonds is 4. The van der Waals surface area contributed by atoms with Gasteiger partial charge in [0, 0.05) is 30.7 Å². The zero-order valence-corrected chi connectivity index (χ0v) is 12.3. The SMILES string of the molecule is CN(Cc1cnn(C)c1)C(=O)NCc1ccc(Cl)s1. The molecule has 0 saturated carbocycles. The fourth-order valence-electron chi connectivity index (χ4n) is 1.64. The molecule has 5 nitrogen and oxygen atoms in total. The van der Waals surface area contributed by atoms with Crippen LogP contribution in [0.15, 0.2) is 24.5 Å². The van der Waals surface area contributed by atoms with Gasteiger partial charge in [-0.05, 0) is 12.1 Å². The Labute approximate surface area is 120 Å². The normalized spacial score (nSPS) is 10.5. The van der Waals surface area contributed by atoms with Crippen molar-refractivity contribution in [1.29, 1.82) is 0 Å². The molecule has 0 aliphatic carbocycles. The summed E-state index contributed by atoms with van der Waals surface area (Å²) < 4.78 is 2.45. The van der Waals surface area contributed by atoms with Crippen molar-refractivity contribution in [2.24, 2.45) is 7.05 Å². The zero-order chi connectivity index (χ0) is 13.8. The van der Waals surface area contributed by atoms with E-state index in [1.54, 1.807) is 22.8 Å². The first-order valence-electron chi connectivity index (χ1n) is 5.75. The van der Waals surface area contributed by atoms with E-state index in [-0.39, 0.29) is 6.03 Å². The molecule has 102 valence electrons. The van der Waals surface area contributed by atoms with E-state index < -0.39 is 0 Å². The number of aryl methyl sites for hydroxylation is 1. The number of urea groups is 1. The Morgan fingerprint density at radius 3 is 2.95 bits per heavy atom. The Hall–Kier alpha value is -1.53. The summed E-state index contributed by atoms with van der Waals surface area (Å²) in [6.07, 6.45) is 3.64. The van der Waals surface area contributed by atoms with Gasteiger partial charge in [0.1, 0.15) is 0 Å². The Bertz CT molecular complexity index is 566. The third kappa shape index (κ3) is 3.97. The van der Waals surface area contributed by atoms with Gasteiger partial charge in [-0.1, -0.05) is 11.6 Å². The molecule has 0 aromatic carbocycles. The topological polar surface area (TPSA) is 50.2 Å². The maximum absolute atomic E-state index is 11.9. The number of hydrogen-bond acceptors (Lipinski definition) is 3. The Kier molecular flexibility index (Phi) is 4.44. The number of aromatic nitrogens is 2. The standard InChI is InChI=1S/C12H15ClN4OS/c1-16(7-9-5-15-17(2)8-9)12(18)14-6-10-3-4-11(13)19-10/h3-5,8H,6-7H2,1-2H3,(H,14,18). The highest BCUT2D eigenvalue weighted by molar-refractivity contribution is 7.16. The molecule has 2 heterocycles. The molecule has 2 amide bonds. The van der Waals surface area contributed by atoms with Crippen LogP contribution in [0.25, 0.3) is 0 Å². The van der Waals surface area contributed by atoms with Gasteiger partial charge in [0.2, 0.25) is 0 Å². The first-order valence-corrected chi connectivity index (χ1v) is 6.95. The molecular weight excluding hydrogens is 284 g/mol. The van der Waals surface area contributed by atoms with Gasteiger partial charge in [0.25, 0.3) is 0 Å². The van der Waals surface area contributed by atoms with Crippen LogP contribution in [-0.4, -0.2) is 27.8 Å².